The Hall–Kier alpha value is -3.60. The van der Waals surface area contributed by atoms with Gasteiger partial charge in [-0.15, -0.1) is 0 Å². The molecule has 5 heteroatoms. The second-order valence-electron chi connectivity index (χ2n) is 5.46. The highest BCUT2D eigenvalue weighted by Crippen LogP contribution is 2.18. The van der Waals surface area contributed by atoms with Gasteiger partial charge in [-0.3, -0.25) is 9.78 Å². The minimum absolute atomic E-state index is 0.199. The van der Waals surface area contributed by atoms with Gasteiger partial charge in [-0.05, 0) is 29.8 Å². The second-order valence-corrected chi connectivity index (χ2v) is 5.46. The topological polar surface area (TPSA) is 60.1 Å². The van der Waals surface area contributed by atoms with E-state index in [1.165, 1.54) is 4.68 Å². The maximum atomic E-state index is 12.9. The molecule has 2 heterocycles. The summed E-state index contributed by atoms with van der Waals surface area (Å²) in [5.41, 5.74) is 2.14. The minimum Gasteiger partial charge on any atom is -0.267 e. The summed E-state index contributed by atoms with van der Waals surface area (Å²) in [6, 6.07) is 20.5. The van der Waals surface area contributed by atoms with E-state index >= 15 is 0 Å². The van der Waals surface area contributed by atoms with Crippen LogP contribution in [0.1, 0.15) is 5.56 Å². The molecule has 0 N–H and O–H groups in total. The van der Waals surface area contributed by atoms with Crippen molar-refractivity contribution >= 4 is 17.1 Å². The Morgan fingerprint density at radius 2 is 1.60 bits per heavy atom. The molecule has 0 aliphatic rings. The molecule has 5 nitrogen and oxygen atoms in total. The van der Waals surface area contributed by atoms with Crippen LogP contribution in [-0.4, -0.2) is 20.9 Å². The predicted octanol–water partition coefficient (Wildman–Crippen LogP) is 3.34. The van der Waals surface area contributed by atoms with E-state index < -0.39 is 0 Å². The van der Waals surface area contributed by atoms with Gasteiger partial charge in [-0.1, -0.05) is 42.5 Å². The first-order valence-corrected chi connectivity index (χ1v) is 7.84. The fraction of sp³-hybridized carbons (Fsp3) is 0. The molecule has 4 aromatic rings. The molecule has 25 heavy (non-hydrogen) atoms. The summed E-state index contributed by atoms with van der Waals surface area (Å²) >= 11 is 0. The van der Waals surface area contributed by atoms with Crippen molar-refractivity contribution in [2.45, 2.75) is 0 Å². The molecule has 0 saturated carbocycles. The Balaban J connectivity index is 1.96. The Bertz CT molecular complexity index is 1100. The van der Waals surface area contributed by atoms with E-state index in [4.69, 9.17) is 0 Å². The van der Waals surface area contributed by atoms with E-state index in [2.05, 4.69) is 15.1 Å². The molecular weight excluding hydrogens is 312 g/mol. The lowest BCUT2D eigenvalue weighted by molar-refractivity contribution is 0.829. The summed E-state index contributed by atoms with van der Waals surface area (Å²) in [6.45, 7) is 0. The lowest BCUT2D eigenvalue weighted by atomic mass is 10.2. The highest BCUT2D eigenvalue weighted by Gasteiger charge is 2.11. The third kappa shape index (κ3) is 2.95. The Kier molecular flexibility index (Phi) is 3.88. The van der Waals surface area contributed by atoms with Gasteiger partial charge in [0.2, 0.25) is 0 Å². The Morgan fingerprint density at radius 1 is 0.880 bits per heavy atom. The smallest absolute Gasteiger partial charge is 0.267 e. The van der Waals surface area contributed by atoms with Crippen molar-refractivity contribution < 1.29 is 0 Å². The fourth-order valence-corrected chi connectivity index (χ4v) is 2.58. The van der Waals surface area contributed by atoms with Gasteiger partial charge in [0.15, 0.2) is 5.82 Å². The van der Waals surface area contributed by atoms with Crippen LogP contribution in [0.15, 0.2) is 89.0 Å². The minimum atomic E-state index is -0.199. The fourth-order valence-electron chi connectivity index (χ4n) is 2.58. The summed E-state index contributed by atoms with van der Waals surface area (Å²) in [7, 11) is 0. The van der Waals surface area contributed by atoms with E-state index in [1.807, 2.05) is 60.7 Å². The van der Waals surface area contributed by atoms with Gasteiger partial charge in [0.25, 0.3) is 5.56 Å². The van der Waals surface area contributed by atoms with Crippen LogP contribution in [0, 0.1) is 0 Å². The van der Waals surface area contributed by atoms with Crippen molar-refractivity contribution in [3.05, 3.63) is 95.0 Å². The number of nitrogens with zero attached hydrogens (tertiary/aromatic N) is 4. The van der Waals surface area contributed by atoms with Gasteiger partial charge >= 0.3 is 0 Å². The molecule has 0 spiro atoms. The van der Waals surface area contributed by atoms with Gasteiger partial charge in [-0.25, -0.2) is 4.98 Å². The van der Waals surface area contributed by atoms with Crippen molar-refractivity contribution in [2.75, 3.05) is 0 Å². The quantitative estimate of drug-likeness (QED) is 0.543. The summed E-state index contributed by atoms with van der Waals surface area (Å²) in [5.74, 6) is 0.509. The molecule has 0 aliphatic heterocycles. The van der Waals surface area contributed by atoms with E-state index in [-0.39, 0.29) is 5.56 Å². The number of hydrogen-bond donors (Lipinski definition) is 0. The number of pyridine rings is 1. The largest absolute Gasteiger partial charge is 0.282 e. The Labute approximate surface area is 143 Å². The zero-order chi connectivity index (χ0) is 17.1. The van der Waals surface area contributed by atoms with Crippen LogP contribution in [-0.2, 0) is 0 Å². The van der Waals surface area contributed by atoms with Crippen molar-refractivity contribution in [2.24, 2.45) is 5.10 Å². The number of para-hydroxylation sites is 1. The summed E-state index contributed by atoms with van der Waals surface area (Å²) < 4.78 is 1.35. The van der Waals surface area contributed by atoms with Crippen LogP contribution in [0.3, 0.4) is 0 Å². The van der Waals surface area contributed by atoms with Crippen molar-refractivity contribution in [3.8, 4) is 11.4 Å². The van der Waals surface area contributed by atoms with Gasteiger partial charge in [0, 0.05) is 18.0 Å². The standard InChI is InChI=1S/C20H14N4O/c25-20-17-8-4-5-9-18(17)23-19(16-6-2-1-3-7-16)24(20)22-14-15-10-12-21-13-11-15/h1-14H. The van der Waals surface area contributed by atoms with E-state index in [0.717, 1.165) is 11.1 Å². The molecule has 0 saturated heterocycles. The molecule has 120 valence electrons. The molecule has 2 aromatic heterocycles. The molecule has 4 rings (SSSR count). The number of hydrogen-bond acceptors (Lipinski definition) is 4. The number of aromatic nitrogens is 3. The van der Waals surface area contributed by atoms with Crippen LogP contribution in [0.4, 0.5) is 0 Å². The molecule has 0 bridgehead atoms. The third-order valence-electron chi connectivity index (χ3n) is 3.81. The molecule has 0 fully saturated rings. The SMILES string of the molecule is O=c1c2ccccc2nc(-c2ccccc2)n1N=Cc1ccncc1. The maximum Gasteiger partial charge on any atom is 0.282 e. The predicted molar refractivity (Wildman–Crippen MR) is 98.7 cm³/mol. The molecule has 0 aliphatic carbocycles. The van der Waals surface area contributed by atoms with E-state index in [1.54, 1.807) is 24.7 Å². The van der Waals surface area contributed by atoms with Gasteiger partial charge in [0.1, 0.15) is 0 Å². The third-order valence-corrected chi connectivity index (χ3v) is 3.81. The normalized spacial score (nSPS) is 11.2. The van der Waals surface area contributed by atoms with Crippen LogP contribution in [0.2, 0.25) is 0 Å². The molecule has 0 atom stereocenters. The number of fused-ring (bicyclic) bond motifs is 1. The average molecular weight is 326 g/mol. The zero-order valence-electron chi connectivity index (χ0n) is 13.3. The van der Waals surface area contributed by atoms with Crippen molar-refractivity contribution in [3.63, 3.8) is 0 Å². The lowest BCUT2D eigenvalue weighted by Gasteiger charge is -2.09. The highest BCUT2D eigenvalue weighted by atomic mass is 16.1. The highest BCUT2D eigenvalue weighted by molar-refractivity contribution is 5.81. The lowest BCUT2D eigenvalue weighted by Crippen LogP contribution is -2.20. The van der Waals surface area contributed by atoms with Gasteiger partial charge in [0.05, 0.1) is 17.1 Å². The van der Waals surface area contributed by atoms with Crippen LogP contribution < -0.4 is 5.56 Å². The van der Waals surface area contributed by atoms with Crippen LogP contribution in [0.25, 0.3) is 22.3 Å². The van der Waals surface area contributed by atoms with Crippen LogP contribution >= 0.6 is 0 Å². The first-order valence-electron chi connectivity index (χ1n) is 7.84. The second kappa shape index (κ2) is 6.49. The van der Waals surface area contributed by atoms with Crippen molar-refractivity contribution in [1.29, 1.82) is 0 Å². The number of rotatable bonds is 3. The molecule has 0 radical (unpaired) electrons. The van der Waals surface area contributed by atoms with Crippen LogP contribution in [0.5, 0.6) is 0 Å². The molecule has 0 unspecified atom stereocenters. The average Bonchev–Trinajstić information content (AvgIpc) is 2.69. The van der Waals surface area contributed by atoms with E-state index in [0.29, 0.717) is 16.7 Å². The summed E-state index contributed by atoms with van der Waals surface area (Å²) in [5, 5.41) is 4.93. The number of benzene rings is 2. The van der Waals surface area contributed by atoms with Crippen molar-refractivity contribution in [1.82, 2.24) is 14.6 Å². The summed E-state index contributed by atoms with van der Waals surface area (Å²) in [6.07, 6.45) is 4.99. The molecular formula is C20H14N4O. The molecule has 2 aromatic carbocycles. The Morgan fingerprint density at radius 3 is 2.40 bits per heavy atom. The van der Waals surface area contributed by atoms with E-state index in [9.17, 15) is 4.79 Å². The first kappa shape index (κ1) is 15.0. The molecule has 0 amide bonds. The zero-order valence-corrected chi connectivity index (χ0v) is 13.3. The monoisotopic (exact) mass is 326 g/mol. The maximum absolute atomic E-state index is 12.9. The first-order chi connectivity index (χ1) is 12.3. The van der Waals surface area contributed by atoms with Gasteiger partial charge < -0.3 is 0 Å². The summed E-state index contributed by atoms with van der Waals surface area (Å²) in [4.78, 5) is 21.6. The van der Waals surface area contributed by atoms with Gasteiger partial charge in [-0.2, -0.15) is 9.78 Å².